The first-order chi connectivity index (χ1) is 9.47. The molecule has 3 N–H and O–H groups in total. The second-order valence-electron chi connectivity index (χ2n) is 4.19. The van der Waals surface area contributed by atoms with E-state index in [-0.39, 0.29) is 11.4 Å². The Morgan fingerprint density at radius 1 is 1.35 bits per heavy atom. The van der Waals surface area contributed by atoms with Gasteiger partial charge in [0.15, 0.2) is 0 Å². The smallest absolute Gasteiger partial charge is 0.274 e. The minimum atomic E-state index is -0.470. The Morgan fingerprint density at radius 2 is 2.10 bits per heavy atom. The monoisotopic (exact) mass is 272 g/mol. The zero-order valence-electron chi connectivity index (χ0n) is 10.7. The summed E-state index contributed by atoms with van der Waals surface area (Å²) in [5, 5.41) is 13.3. The van der Waals surface area contributed by atoms with E-state index in [1.807, 2.05) is 0 Å². The SMILES string of the molecule is Cc1cc(NC(=O)c2ccc(N)cn2)ccc1[N+](=O)[O-]. The molecule has 0 fully saturated rings. The van der Waals surface area contributed by atoms with Gasteiger partial charge in [0, 0.05) is 17.3 Å². The molecule has 2 aromatic rings. The van der Waals surface area contributed by atoms with Crippen molar-refractivity contribution in [3.63, 3.8) is 0 Å². The van der Waals surface area contributed by atoms with Gasteiger partial charge in [0.05, 0.1) is 16.8 Å². The molecule has 102 valence electrons. The maximum Gasteiger partial charge on any atom is 0.274 e. The summed E-state index contributed by atoms with van der Waals surface area (Å²) in [5.74, 6) is -0.404. The van der Waals surface area contributed by atoms with Crippen molar-refractivity contribution in [1.82, 2.24) is 4.98 Å². The number of aromatic nitrogens is 1. The standard InChI is InChI=1S/C13H12N4O3/c1-8-6-10(3-5-12(8)17(19)20)16-13(18)11-4-2-9(14)7-15-11/h2-7H,14H2,1H3,(H,16,18). The molecule has 0 bridgehead atoms. The number of amides is 1. The van der Waals surface area contributed by atoms with Crippen LogP contribution in [0.1, 0.15) is 16.1 Å². The summed E-state index contributed by atoms with van der Waals surface area (Å²) in [5.41, 5.74) is 7.12. The first-order valence-electron chi connectivity index (χ1n) is 5.75. The summed E-state index contributed by atoms with van der Waals surface area (Å²) in [6.07, 6.45) is 1.38. The third-order valence-corrected chi connectivity index (χ3v) is 2.67. The summed E-state index contributed by atoms with van der Waals surface area (Å²) >= 11 is 0. The molecule has 7 heteroatoms. The third-order valence-electron chi connectivity index (χ3n) is 2.67. The summed E-state index contributed by atoms with van der Waals surface area (Å²) in [4.78, 5) is 26.0. The Bertz CT molecular complexity index is 668. The Balaban J connectivity index is 2.18. The van der Waals surface area contributed by atoms with Gasteiger partial charge in [0.1, 0.15) is 5.69 Å². The first-order valence-corrected chi connectivity index (χ1v) is 5.75. The molecule has 0 atom stereocenters. The lowest BCUT2D eigenvalue weighted by molar-refractivity contribution is -0.385. The molecule has 0 aliphatic heterocycles. The molecular weight excluding hydrogens is 260 g/mol. The number of hydrogen-bond acceptors (Lipinski definition) is 5. The minimum absolute atomic E-state index is 0.00797. The third kappa shape index (κ3) is 2.89. The quantitative estimate of drug-likeness (QED) is 0.656. The lowest BCUT2D eigenvalue weighted by Crippen LogP contribution is -2.13. The number of rotatable bonds is 3. The Labute approximate surface area is 114 Å². The fourth-order valence-corrected chi connectivity index (χ4v) is 1.67. The number of anilines is 2. The molecule has 0 saturated carbocycles. The second kappa shape index (κ2) is 5.35. The van der Waals surface area contributed by atoms with Crippen molar-refractivity contribution < 1.29 is 9.72 Å². The molecule has 1 aromatic heterocycles. The maximum atomic E-state index is 11.9. The normalized spacial score (nSPS) is 10.1. The van der Waals surface area contributed by atoms with E-state index in [2.05, 4.69) is 10.3 Å². The zero-order valence-corrected chi connectivity index (χ0v) is 10.7. The number of benzene rings is 1. The fraction of sp³-hybridized carbons (Fsp3) is 0.0769. The Morgan fingerprint density at radius 3 is 2.65 bits per heavy atom. The van der Waals surface area contributed by atoms with Gasteiger partial charge < -0.3 is 11.1 Å². The highest BCUT2D eigenvalue weighted by atomic mass is 16.6. The van der Waals surface area contributed by atoms with Gasteiger partial charge in [0.25, 0.3) is 11.6 Å². The van der Waals surface area contributed by atoms with E-state index in [0.29, 0.717) is 16.9 Å². The zero-order chi connectivity index (χ0) is 14.7. The Kier molecular flexibility index (Phi) is 3.60. The molecule has 1 aromatic carbocycles. The summed E-state index contributed by atoms with van der Waals surface area (Å²) < 4.78 is 0. The highest BCUT2D eigenvalue weighted by Crippen LogP contribution is 2.21. The molecule has 0 radical (unpaired) electrons. The van der Waals surface area contributed by atoms with Gasteiger partial charge in [0.2, 0.25) is 0 Å². The van der Waals surface area contributed by atoms with Crippen molar-refractivity contribution >= 4 is 23.0 Å². The lowest BCUT2D eigenvalue weighted by atomic mass is 10.2. The molecule has 0 unspecified atom stereocenters. The van der Waals surface area contributed by atoms with Gasteiger partial charge >= 0.3 is 0 Å². The number of aryl methyl sites for hydroxylation is 1. The number of nitrogen functional groups attached to an aromatic ring is 1. The van der Waals surface area contributed by atoms with Crippen LogP contribution in [0, 0.1) is 17.0 Å². The van der Waals surface area contributed by atoms with E-state index in [1.165, 1.54) is 30.5 Å². The second-order valence-corrected chi connectivity index (χ2v) is 4.19. The number of nitro benzene ring substituents is 1. The van der Waals surface area contributed by atoms with Gasteiger partial charge in [-0.2, -0.15) is 0 Å². The van der Waals surface area contributed by atoms with Crippen molar-refractivity contribution in [1.29, 1.82) is 0 Å². The van der Waals surface area contributed by atoms with Crippen LogP contribution in [0.25, 0.3) is 0 Å². The predicted octanol–water partition coefficient (Wildman–Crippen LogP) is 2.13. The van der Waals surface area contributed by atoms with Crippen molar-refractivity contribution in [2.75, 3.05) is 11.1 Å². The molecule has 0 saturated heterocycles. The van der Waals surface area contributed by atoms with Crippen LogP contribution in [-0.4, -0.2) is 15.8 Å². The minimum Gasteiger partial charge on any atom is -0.397 e. The van der Waals surface area contributed by atoms with E-state index >= 15 is 0 Å². The van der Waals surface area contributed by atoms with Crippen LogP contribution in [0.15, 0.2) is 36.5 Å². The number of nitrogens with one attached hydrogen (secondary N) is 1. The van der Waals surface area contributed by atoms with E-state index in [9.17, 15) is 14.9 Å². The summed E-state index contributed by atoms with van der Waals surface area (Å²) in [6.45, 7) is 1.61. The maximum absolute atomic E-state index is 11.9. The van der Waals surface area contributed by atoms with Crippen LogP contribution in [-0.2, 0) is 0 Å². The largest absolute Gasteiger partial charge is 0.397 e. The molecule has 20 heavy (non-hydrogen) atoms. The van der Waals surface area contributed by atoms with Crippen LogP contribution in [0.4, 0.5) is 17.1 Å². The number of nitro groups is 1. The van der Waals surface area contributed by atoms with Crippen LogP contribution in [0.2, 0.25) is 0 Å². The van der Waals surface area contributed by atoms with Gasteiger partial charge in [-0.25, -0.2) is 4.98 Å². The molecular formula is C13H12N4O3. The van der Waals surface area contributed by atoms with Crippen LogP contribution in [0.3, 0.4) is 0 Å². The number of pyridine rings is 1. The highest BCUT2D eigenvalue weighted by Gasteiger charge is 2.12. The van der Waals surface area contributed by atoms with Crippen LogP contribution >= 0.6 is 0 Å². The molecule has 7 nitrogen and oxygen atoms in total. The van der Waals surface area contributed by atoms with Gasteiger partial charge in [-0.05, 0) is 31.2 Å². The first kappa shape index (κ1) is 13.5. The van der Waals surface area contributed by atoms with E-state index in [1.54, 1.807) is 13.0 Å². The number of nitrogens with two attached hydrogens (primary N) is 1. The predicted molar refractivity (Wildman–Crippen MR) is 74.4 cm³/mol. The average Bonchev–Trinajstić information content (AvgIpc) is 2.39. The van der Waals surface area contributed by atoms with Gasteiger partial charge in [-0.15, -0.1) is 0 Å². The van der Waals surface area contributed by atoms with E-state index in [4.69, 9.17) is 5.73 Å². The number of carbonyl (C=O) groups excluding carboxylic acids is 1. The van der Waals surface area contributed by atoms with Crippen molar-refractivity contribution in [2.24, 2.45) is 0 Å². The molecule has 0 aliphatic rings. The Hall–Kier alpha value is -2.96. The van der Waals surface area contributed by atoms with Crippen LogP contribution in [0.5, 0.6) is 0 Å². The summed E-state index contributed by atoms with van der Waals surface area (Å²) in [7, 11) is 0. The molecule has 2 rings (SSSR count). The van der Waals surface area contributed by atoms with Crippen molar-refractivity contribution in [3.8, 4) is 0 Å². The number of carbonyl (C=O) groups is 1. The highest BCUT2D eigenvalue weighted by molar-refractivity contribution is 6.03. The molecule has 0 spiro atoms. The van der Waals surface area contributed by atoms with Crippen LogP contribution < -0.4 is 11.1 Å². The van der Waals surface area contributed by atoms with Crippen molar-refractivity contribution in [3.05, 3.63) is 57.9 Å². The fourth-order valence-electron chi connectivity index (χ4n) is 1.67. The average molecular weight is 272 g/mol. The number of nitrogens with zero attached hydrogens (tertiary/aromatic N) is 2. The lowest BCUT2D eigenvalue weighted by Gasteiger charge is -2.06. The molecule has 0 aliphatic carbocycles. The van der Waals surface area contributed by atoms with Gasteiger partial charge in [-0.3, -0.25) is 14.9 Å². The van der Waals surface area contributed by atoms with E-state index in [0.717, 1.165) is 0 Å². The molecule has 1 amide bonds. The van der Waals surface area contributed by atoms with Crippen molar-refractivity contribution in [2.45, 2.75) is 6.92 Å². The summed E-state index contributed by atoms with van der Waals surface area (Å²) in [6, 6.07) is 7.43. The van der Waals surface area contributed by atoms with Gasteiger partial charge in [-0.1, -0.05) is 0 Å². The number of hydrogen-bond donors (Lipinski definition) is 2. The molecule has 1 heterocycles. The topological polar surface area (TPSA) is 111 Å². The van der Waals surface area contributed by atoms with E-state index < -0.39 is 10.8 Å².